The molecule has 182 valence electrons. The first-order chi connectivity index (χ1) is 15.5. The van der Waals surface area contributed by atoms with Gasteiger partial charge in [-0.3, -0.25) is 19.2 Å². The molecule has 0 aromatic heterocycles. The second-order valence-electron chi connectivity index (χ2n) is 7.27. The quantitative estimate of drug-likeness (QED) is 0.417. The number of nitrogens with one attached hydrogen (secondary N) is 1. The van der Waals surface area contributed by atoms with Crippen molar-refractivity contribution in [1.82, 2.24) is 5.32 Å². The number of esters is 3. The maximum Gasteiger partial charge on any atom is 0.303 e. The van der Waals surface area contributed by atoms with Crippen LogP contribution in [-0.2, 0) is 49.5 Å². The van der Waals surface area contributed by atoms with Gasteiger partial charge in [-0.25, -0.2) is 0 Å². The first-order valence-electron chi connectivity index (χ1n) is 9.93. The first kappa shape index (κ1) is 26.8. The van der Waals surface area contributed by atoms with Crippen molar-refractivity contribution in [1.29, 1.82) is 0 Å². The van der Waals surface area contributed by atoms with Crippen LogP contribution in [0.25, 0.3) is 0 Å². The molecule has 1 saturated heterocycles. The zero-order valence-corrected chi connectivity index (χ0v) is 20.0. The number of hydrogen-bond donors (Lipinski definition) is 1. The lowest BCUT2D eigenvalue weighted by Crippen LogP contribution is -2.66. The van der Waals surface area contributed by atoms with E-state index in [9.17, 15) is 19.2 Å². The van der Waals surface area contributed by atoms with Gasteiger partial charge in [-0.15, -0.1) is 0 Å². The number of hydrogen-bond acceptors (Lipinski definition) is 9. The lowest BCUT2D eigenvalue weighted by atomic mass is 9.96. The van der Waals surface area contributed by atoms with E-state index < -0.39 is 54.5 Å². The molecule has 0 saturated carbocycles. The highest BCUT2D eigenvalue weighted by molar-refractivity contribution is 6.35. The Hall–Kier alpha value is -2.40. The SMILES string of the molecule is CC(=O)N[C@@H]1[C@H](OCc2ccc(Cl)cc2Cl)O[C@H](COC(C)=O)[C@@H](OC(C)=O)[C@H]1OC(C)=O. The number of rotatable bonds is 8. The third kappa shape index (κ3) is 8.15. The second kappa shape index (κ2) is 12.2. The van der Waals surface area contributed by atoms with Crippen LogP contribution in [-0.4, -0.2) is 61.1 Å². The molecule has 1 N–H and O–H groups in total. The van der Waals surface area contributed by atoms with E-state index in [-0.39, 0.29) is 13.2 Å². The lowest BCUT2D eigenvalue weighted by molar-refractivity contribution is -0.280. The first-order valence-corrected chi connectivity index (χ1v) is 10.7. The molecule has 1 amide bonds. The van der Waals surface area contributed by atoms with Crippen molar-refractivity contribution in [3.63, 3.8) is 0 Å². The molecule has 0 unspecified atom stereocenters. The Balaban J connectivity index is 2.38. The van der Waals surface area contributed by atoms with Crippen molar-refractivity contribution in [2.24, 2.45) is 0 Å². The van der Waals surface area contributed by atoms with Crippen LogP contribution in [0.5, 0.6) is 0 Å². The van der Waals surface area contributed by atoms with Gasteiger partial charge < -0.3 is 29.0 Å². The zero-order chi connectivity index (χ0) is 24.7. The van der Waals surface area contributed by atoms with Crippen LogP contribution in [0.1, 0.15) is 33.3 Å². The van der Waals surface area contributed by atoms with Crippen molar-refractivity contribution in [2.75, 3.05) is 6.61 Å². The molecule has 33 heavy (non-hydrogen) atoms. The Morgan fingerprint density at radius 3 is 2.15 bits per heavy atom. The highest BCUT2D eigenvalue weighted by Crippen LogP contribution is 2.29. The maximum absolute atomic E-state index is 11.9. The summed E-state index contributed by atoms with van der Waals surface area (Å²) in [5.41, 5.74) is 0.578. The number of carbonyl (C=O) groups is 4. The molecule has 1 aromatic carbocycles. The molecule has 1 aliphatic heterocycles. The van der Waals surface area contributed by atoms with Crippen molar-refractivity contribution in [3.8, 4) is 0 Å². The molecular formula is C21H25Cl2NO9. The van der Waals surface area contributed by atoms with E-state index >= 15 is 0 Å². The summed E-state index contributed by atoms with van der Waals surface area (Å²) in [6.07, 6.45) is -4.63. The summed E-state index contributed by atoms with van der Waals surface area (Å²) in [7, 11) is 0. The molecule has 1 heterocycles. The van der Waals surface area contributed by atoms with Gasteiger partial charge in [0.25, 0.3) is 0 Å². The van der Waals surface area contributed by atoms with Crippen molar-refractivity contribution in [3.05, 3.63) is 33.8 Å². The molecule has 10 nitrogen and oxygen atoms in total. The number of halogens is 2. The summed E-state index contributed by atoms with van der Waals surface area (Å²) in [6, 6.07) is 3.76. The smallest absolute Gasteiger partial charge is 0.303 e. The monoisotopic (exact) mass is 505 g/mol. The summed E-state index contributed by atoms with van der Waals surface area (Å²) in [6.45, 7) is 4.40. The molecule has 2 rings (SSSR count). The lowest BCUT2D eigenvalue weighted by Gasteiger charge is -2.44. The normalized spacial score (nSPS) is 24.5. The van der Waals surface area contributed by atoms with Crippen LogP contribution < -0.4 is 5.32 Å². The third-order valence-electron chi connectivity index (χ3n) is 4.49. The average molecular weight is 506 g/mol. The van der Waals surface area contributed by atoms with Gasteiger partial charge in [-0.1, -0.05) is 29.3 Å². The Morgan fingerprint density at radius 1 is 0.970 bits per heavy atom. The standard InChI is InChI=1S/C21H25Cl2NO9/c1-10(25)24-18-20(32-13(4)28)19(31-12(3)27)17(9-29-11(2)26)33-21(18)30-8-14-5-6-15(22)7-16(14)23/h5-7,17-21H,8-9H2,1-4H3,(H,24,25)/t17-,18+,19-,20+,21-/m1/s1. The van der Waals surface area contributed by atoms with Crippen LogP contribution >= 0.6 is 23.2 Å². The van der Waals surface area contributed by atoms with E-state index in [2.05, 4.69) is 5.32 Å². The van der Waals surface area contributed by atoms with Crippen LogP contribution in [0.4, 0.5) is 0 Å². The van der Waals surface area contributed by atoms with Gasteiger partial charge in [0.15, 0.2) is 18.5 Å². The summed E-state index contributed by atoms with van der Waals surface area (Å²) < 4.78 is 27.5. The van der Waals surface area contributed by atoms with Crippen molar-refractivity contribution >= 4 is 47.0 Å². The number of benzene rings is 1. The van der Waals surface area contributed by atoms with Gasteiger partial charge in [0.1, 0.15) is 18.8 Å². The van der Waals surface area contributed by atoms with Crippen LogP contribution in [0.15, 0.2) is 18.2 Å². The van der Waals surface area contributed by atoms with Gasteiger partial charge in [0.05, 0.1) is 6.61 Å². The predicted octanol–water partition coefficient (Wildman–Crippen LogP) is 2.17. The number of amides is 1. The Morgan fingerprint density at radius 2 is 1.61 bits per heavy atom. The maximum atomic E-state index is 11.9. The highest BCUT2D eigenvalue weighted by atomic mass is 35.5. The summed E-state index contributed by atoms with van der Waals surface area (Å²) >= 11 is 12.1. The Kier molecular flexibility index (Phi) is 9.90. The summed E-state index contributed by atoms with van der Waals surface area (Å²) in [5, 5.41) is 3.40. The van der Waals surface area contributed by atoms with Crippen molar-refractivity contribution < 1.29 is 42.9 Å². The number of ether oxygens (including phenoxy) is 5. The largest absolute Gasteiger partial charge is 0.463 e. The topological polar surface area (TPSA) is 126 Å². The third-order valence-corrected chi connectivity index (χ3v) is 5.08. The summed E-state index contributed by atoms with van der Waals surface area (Å²) in [5.74, 6) is -2.46. The van der Waals surface area contributed by atoms with Gasteiger partial charge >= 0.3 is 17.9 Å². The van der Waals surface area contributed by atoms with E-state index in [1.807, 2.05) is 0 Å². The van der Waals surface area contributed by atoms with Gasteiger partial charge in [0, 0.05) is 37.7 Å². The second-order valence-corrected chi connectivity index (χ2v) is 8.11. The highest BCUT2D eigenvalue weighted by Gasteiger charge is 2.51. The van der Waals surface area contributed by atoms with Gasteiger partial charge in [0.2, 0.25) is 5.91 Å². The molecule has 12 heteroatoms. The van der Waals surface area contributed by atoms with Crippen LogP contribution in [0, 0.1) is 0 Å². The molecule has 1 fully saturated rings. The minimum absolute atomic E-state index is 0.0535. The predicted molar refractivity (Wildman–Crippen MR) is 115 cm³/mol. The fourth-order valence-electron chi connectivity index (χ4n) is 3.24. The fraction of sp³-hybridized carbons (Fsp3) is 0.524. The Labute approximate surface area is 200 Å². The van der Waals surface area contributed by atoms with E-state index in [1.165, 1.54) is 19.9 Å². The molecule has 0 aliphatic carbocycles. The summed E-state index contributed by atoms with van der Waals surface area (Å²) in [4.78, 5) is 46.8. The zero-order valence-electron chi connectivity index (χ0n) is 18.5. The molecule has 5 atom stereocenters. The molecule has 0 radical (unpaired) electrons. The van der Waals surface area contributed by atoms with E-state index in [0.29, 0.717) is 15.6 Å². The van der Waals surface area contributed by atoms with Crippen LogP contribution in [0.3, 0.4) is 0 Å². The van der Waals surface area contributed by atoms with Crippen molar-refractivity contribution in [2.45, 2.75) is 64.9 Å². The molecule has 1 aliphatic rings. The van der Waals surface area contributed by atoms with Gasteiger partial charge in [-0.05, 0) is 17.7 Å². The molecule has 1 aromatic rings. The van der Waals surface area contributed by atoms with E-state index in [4.69, 9.17) is 46.9 Å². The molecule has 0 bridgehead atoms. The Bertz CT molecular complexity index is 894. The molecule has 0 spiro atoms. The van der Waals surface area contributed by atoms with Gasteiger partial charge in [-0.2, -0.15) is 0 Å². The molecular weight excluding hydrogens is 481 g/mol. The van der Waals surface area contributed by atoms with E-state index in [1.54, 1.807) is 12.1 Å². The van der Waals surface area contributed by atoms with Crippen LogP contribution in [0.2, 0.25) is 10.0 Å². The van der Waals surface area contributed by atoms with E-state index in [0.717, 1.165) is 13.8 Å². The minimum atomic E-state index is -1.20. The fourth-order valence-corrected chi connectivity index (χ4v) is 3.71. The average Bonchev–Trinajstić information content (AvgIpc) is 2.68. The number of carbonyl (C=O) groups excluding carboxylic acids is 4. The minimum Gasteiger partial charge on any atom is -0.463 e.